The molecule has 0 spiro atoms. The lowest BCUT2D eigenvalue weighted by molar-refractivity contribution is 0.0904. The molecule has 2 aliphatic rings. The van der Waals surface area contributed by atoms with Crippen molar-refractivity contribution in [2.45, 2.75) is 30.2 Å². The third-order valence-electron chi connectivity index (χ3n) is 7.62. The zero-order chi connectivity index (χ0) is 32.4. The number of benzene rings is 3. The summed E-state index contributed by atoms with van der Waals surface area (Å²) in [5.41, 5.74) is 1.78. The minimum absolute atomic E-state index is 0.0689. The van der Waals surface area contributed by atoms with Crippen LogP contribution in [0.15, 0.2) is 70.7 Å². The van der Waals surface area contributed by atoms with E-state index in [4.69, 9.17) is 9.47 Å². The van der Waals surface area contributed by atoms with Crippen LogP contribution in [0.1, 0.15) is 34.3 Å². The lowest BCUT2D eigenvalue weighted by atomic mass is 10.0. The molecule has 3 aromatic rings. The normalized spacial score (nSPS) is 18.3. The van der Waals surface area contributed by atoms with Crippen molar-refractivity contribution >= 4 is 39.2 Å². The number of carbonyl (C=O) groups is 2. The van der Waals surface area contributed by atoms with E-state index < -0.39 is 42.6 Å². The molecule has 2 aliphatic heterocycles. The Morgan fingerprint density at radius 1 is 1.04 bits per heavy atom. The molecule has 0 aromatic heterocycles. The van der Waals surface area contributed by atoms with Crippen LogP contribution in [-0.4, -0.2) is 78.2 Å². The van der Waals surface area contributed by atoms with Crippen LogP contribution in [0.25, 0.3) is 0 Å². The summed E-state index contributed by atoms with van der Waals surface area (Å²) in [6.45, 7) is 1.97. The van der Waals surface area contributed by atoms with Gasteiger partial charge in [-0.3, -0.25) is 4.79 Å². The molecular weight excluding hydrogens is 608 g/mol. The average molecular weight is 643 g/mol. The van der Waals surface area contributed by atoms with E-state index in [9.17, 15) is 26.8 Å². The van der Waals surface area contributed by atoms with E-state index in [0.717, 1.165) is 38.5 Å². The van der Waals surface area contributed by atoms with Gasteiger partial charge in [0.15, 0.2) is 5.69 Å². The molecule has 2 amide bonds. The number of sulfonamides is 1. The summed E-state index contributed by atoms with van der Waals surface area (Å²) in [5, 5.41) is 10.4. The first kappa shape index (κ1) is 32.2. The van der Waals surface area contributed by atoms with Gasteiger partial charge < -0.3 is 25.0 Å². The minimum atomic E-state index is -5.03. The molecular formula is C31H34F2N5O6S+. The highest BCUT2D eigenvalue weighted by Gasteiger charge is 2.61. The molecule has 5 rings (SSSR count). The first-order valence-corrected chi connectivity index (χ1v) is 15.7. The monoisotopic (exact) mass is 642 g/mol. The van der Waals surface area contributed by atoms with Gasteiger partial charge in [-0.1, -0.05) is 18.2 Å². The number of amides is 2. The van der Waals surface area contributed by atoms with Crippen molar-refractivity contribution in [2.24, 2.45) is 5.10 Å². The standard InChI is InChI=1S/C31H33F2N5O6S/c1-37(2)13-10-20-8-9-25(27(16-20)34-23-11-14-44-15-12-23)30(39)35-29-26-6-4-5-7-28(26)38(36-29,31(40)43-3)45(41,42)24-18-21(32)17-22(33)19-24/h4-9,16-19,23H,10-15H2,1-3H3,(H-,34,35,36,39)/p+1. The highest BCUT2D eigenvalue weighted by molar-refractivity contribution is 7.91. The van der Waals surface area contributed by atoms with Crippen LogP contribution in [0.4, 0.5) is 25.0 Å². The molecule has 45 heavy (non-hydrogen) atoms. The topological polar surface area (TPSA) is 126 Å². The number of fused-ring (bicyclic) bond motifs is 1. The molecule has 1 unspecified atom stereocenters. The van der Waals surface area contributed by atoms with Crippen molar-refractivity contribution in [1.29, 1.82) is 0 Å². The number of anilines is 1. The molecule has 11 nitrogen and oxygen atoms in total. The van der Waals surface area contributed by atoms with Gasteiger partial charge in [0.1, 0.15) is 16.5 Å². The molecule has 3 aromatic carbocycles. The fraction of sp³-hybridized carbons (Fsp3) is 0.323. The number of nitrogens with one attached hydrogen (secondary N) is 2. The molecule has 1 atom stereocenters. The average Bonchev–Trinajstić information content (AvgIpc) is 3.35. The fourth-order valence-electron chi connectivity index (χ4n) is 5.31. The summed E-state index contributed by atoms with van der Waals surface area (Å²) in [7, 11) is -0.124. The molecule has 0 saturated carbocycles. The Kier molecular flexibility index (Phi) is 9.30. The molecule has 238 valence electrons. The zero-order valence-corrected chi connectivity index (χ0v) is 25.9. The number of ether oxygens (including phenoxy) is 2. The number of para-hydroxylation sites is 1. The Hall–Kier alpha value is -4.24. The van der Waals surface area contributed by atoms with E-state index in [1.807, 2.05) is 26.2 Å². The van der Waals surface area contributed by atoms with Crippen LogP contribution in [0.2, 0.25) is 0 Å². The van der Waals surface area contributed by atoms with Crippen LogP contribution >= 0.6 is 0 Å². The molecule has 2 heterocycles. The second kappa shape index (κ2) is 13.0. The van der Waals surface area contributed by atoms with Gasteiger partial charge in [-0.15, -0.1) is 0 Å². The van der Waals surface area contributed by atoms with E-state index in [1.165, 1.54) is 18.2 Å². The third kappa shape index (κ3) is 6.31. The molecule has 0 radical (unpaired) electrons. The summed E-state index contributed by atoms with van der Waals surface area (Å²) < 4.78 is 64.9. The minimum Gasteiger partial charge on any atom is -0.420 e. The number of amidine groups is 1. The Labute approximate surface area is 260 Å². The predicted molar refractivity (Wildman–Crippen MR) is 164 cm³/mol. The molecule has 1 fully saturated rings. The zero-order valence-electron chi connectivity index (χ0n) is 25.0. The predicted octanol–water partition coefficient (Wildman–Crippen LogP) is 4.23. The number of hydrogen-bond donors (Lipinski definition) is 2. The highest BCUT2D eigenvalue weighted by atomic mass is 32.2. The number of nitrogens with zero attached hydrogens (tertiary/aromatic N) is 3. The number of quaternary nitrogens is 1. The van der Waals surface area contributed by atoms with E-state index in [0.29, 0.717) is 37.1 Å². The second-order valence-corrected chi connectivity index (χ2v) is 13.0. The van der Waals surface area contributed by atoms with E-state index in [1.54, 1.807) is 12.1 Å². The maximum atomic E-state index is 14.2. The maximum absolute atomic E-state index is 14.2. The van der Waals surface area contributed by atoms with Gasteiger partial charge >= 0.3 is 16.1 Å². The summed E-state index contributed by atoms with van der Waals surface area (Å²) in [4.78, 5) is 28.4. The van der Waals surface area contributed by atoms with Crippen molar-refractivity contribution in [2.75, 3.05) is 46.3 Å². The number of rotatable bonds is 8. The van der Waals surface area contributed by atoms with Crippen molar-refractivity contribution in [3.05, 3.63) is 89.0 Å². The smallest absolute Gasteiger partial charge is 0.420 e. The Morgan fingerprint density at radius 2 is 1.73 bits per heavy atom. The van der Waals surface area contributed by atoms with Crippen molar-refractivity contribution in [1.82, 2.24) is 14.2 Å². The third-order valence-corrected chi connectivity index (χ3v) is 9.57. The number of carbonyl (C=O) groups excluding carboxylic acids is 2. The van der Waals surface area contributed by atoms with Crippen LogP contribution in [0.5, 0.6) is 0 Å². The number of hydrogen-bond acceptors (Lipinski definition) is 9. The Morgan fingerprint density at radius 3 is 2.40 bits per heavy atom. The molecule has 1 saturated heterocycles. The van der Waals surface area contributed by atoms with E-state index in [2.05, 4.69) is 20.6 Å². The lowest BCUT2D eigenvalue weighted by Gasteiger charge is -2.25. The number of methoxy groups -OCH3 is 1. The fourth-order valence-corrected chi connectivity index (χ4v) is 7.01. The van der Waals surface area contributed by atoms with Gasteiger partial charge in [0.25, 0.3) is 5.91 Å². The summed E-state index contributed by atoms with van der Waals surface area (Å²) in [5.74, 6) is -3.19. The van der Waals surface area contributed by atoms with Crippen LogP contribution in [-0.2, 0) is 25.9 Å². The lowest BCUT2D eigenvalue weighted by Crippen LogP contribution is -2.53. The quantitative estimate of drug-likeness (QED) is 0.350. The Balaban J connectivity index is 1.57. The maximum Gasteiger partial charge on any atom is 0.565 e. The van der Waals surface area contributed by atoms with Crippen molar-refractivity contribution < 1.29 is 36.3 Å². The van der Waals surface area contributed by atoms with E-state index in [-0.39, 0.29) is 28.7 Å². The second-order valence-electron chi connectivity index (χ2n) is 11.0. The summed E-state index contributed by atoms with van der Waals surface area (Å²) in [6, 6.07) is 13.0. The van der Waals surface area contributed by atoms with Crippen LogP contribution < -0.4 is 14.6 Å². The van der Waals surface area contributed by atoms with Gasteiger partial charge in [0.2, 0.25) is 5.84 Å². The SMILES string of the molecule is COC(=O)[N+]1(S(=O)(=O)c2cc(F)cc(F)c2)N=C(NC(=O)c2ccc(CCN(C)C)cc2NC2CCOCC2)c2ccccc21. The largest absolute Gasteiger partial charge is 0.565 e. The van der Waals surface area contributed by atoms with Gasteiger partial charge in [-0.2, -0.15) is 13.2 Å². The van der Waals surface area contributed by atoms with Gasteiger partial charge in [-0.25, -0.2) is 8.78 Å². The first-order valence-electron chi connectivity index (χ1n) is 14.3. The molecule has 2 N–H and O–H groups in total. The molecule has 14 heteroatoms. The van der Waals surface area contributed by atoms with Gasteiger partial charge in [-0.05, 0) is 74.4 Å². The first-order chi connectivity index (χ1) is 21.5. The number of likely N-dealkylation sites (N-methyl/N-ethyl adjacent to an activating group) is 1. The Bertz CT molecular complexity index is 1740. The van der Waals surface area contributed by atoms with Crippen LogP contribution in [0.3, 0.4) is 0 Å². The number of halogens is 2. The van der Waals surface area contributed by atoms with Gasteiger partial charge in [0.05, 0.1) is 18.2 Å². The van der Waals surface area contributed by atoms with E-state index >= 15 is 0 Å². The highest BCUT2D eigenvalue weighted by Crippen LogP contribution is 2.41. The summed E-state index contributed by atoms with van der Waals surface area (Å²) in [6.07, 6.45) is 0.875. The van der Waals surface area contributed by atoms with Gasteiger partial charge in [0, 0.05) is 47.6 Å². The van der Waals surface area contributed by atoms with Crippen molar-refractivity contribution in [3.8, 4) is 0 Å². The molecule has 0 aliphatic carbocycles. The summed E-state index contributed by atoms with van der Waals surface area (Å²) >= 11 is 0. The van der Waals surface area contributed by atoms with Crippen molar-refractivity contribution in [3.63, 3.8) is 0 Å². The van der Waals surface area contributed by atoms with Crippen LogP contribution in [0, 0.1) is 11.6 Å². The molecule has 0 bridgehead atoms.